The van der Waals surface area contributed by atoms with E-state index in [0.29, 0.717) is 5.56 Å². The first-order valence-corrected chi connectivity index (χ1v) is 8.97. The highest BCUT2D eigenvalue weighted by Crippen LogP contribution is 2.45. The van der Waals surface area contributed by atoms with Crippen molar-refractivity contribution in [3.63, 3.8) is 0 Å². The van der Waals surface area contributed by atoms with Crippen molar-refractivity contribution in [3.05, 3.63) is 45.8 Å². The van der Waals surface area contributed by atoms with Gasteiger partial charge in [0.05, 0.1) is 5.51 Å². The third kappa shape index (κ3) is 2.65. The number of anilines is 1. The van der Waals surface area contributed by atoms with Crippen molar-refractivity contribution in [1.82, 2.24) is 4.98 Å². The molecule has 1 aromatic carbocycles. The average molecular weight is 376 g/mol. The molecule has 1 aliphatic heterocycles. The molecule has 0 atom stereocenters. The van der Waals surface area contributed by atoms with Crippen LogP contribution in [0.3, 0.4) is 0 Å². The molecule has 128 valence electrons. The Morgan fingerprint density at radius 1 is 1.29 bits per heavy atom. The first-order chi connectivity index (χ1) is 11.1. The summed E-state index contributed by atoms with van der Waals surface area (Å²) in [5.41, 5.74) is 1.87. The van der Waals surface area contributed by atoms with Crippen molar-refractivity contribution in [2.24, 2.45) is 0 Å². The number of rotatable bonds is 2. The van der Waals surface area contributed by atoms with E-state index in [0.717, 1.165) is 11.3 Å². The Bertz CT molecular complexity index is 933. The molecule has 2 heterocycles. The van der Waals surface area contributed by atoms with E-state index in [1.807, 2.05) is 0 Å². The maximum Gasteiger partial charge on any atom is 0.407 e. The van der Waals surface area contributed by atoms with E-state index in [1.165, 1.54) is 11.6 Å². The fraction of sp³-hybridized carbons (Fsp3) is 0.214. The van der Waals surface area contributed by atoms with Crippen molar-refractivity contribution in [3.8, 4) is 0 Å². The van der Waals surface area contributed by atoms with Gasteiger partial charge in [0.25, 0.3) is 10.0 Å². The van der Waals surface area contributed by atoms with Crippen LogP contribution in [-0.4, -0.2) is 31.2 Å². The van der Waals surface area contributed by atoms with Crippen molar-refractivity contribution in [1.29, 1.82) is 0 Å². The summed E-state index contributed by atoms with van der Waals surface area (Å²) in [7, 11) is -4.62. The van der Waals surface area contributed by atoms with E-state index >= 15 is 0 Å². The third-order valence-corrected chi connectivity index (χ3v) is 6.11. The summed E-state index contributed by atoms with van der Waals surface area (Å²) in [6.45, 7) is -0.101. The van der Waals surface area contributed by atoms with Crippen molar-refractivity contribution in [2.45, 2.75) is 13.1 Å². The molecule has 1 N–H and O–H groups in total. The van der Waals surface area contributed by atoms with Crippen molar-refractivity contribution >= 4 is 37.8 Å². The van der Waals surface area contributed by atoms with Gasteiger partial charge >= 0.3 is 6.18 Å². The van der Waals surface area contributed by atoms with Crippen LogP contribution in [0.2, 0.25) is 0 Å². The molecule has 0 spiro atoms. The van der Waals surface area contributed by atoms with Gasteiger partial charge in [-0.25, -0.2) is 17.7 Å². The molecule has 0 amide bonds. The summed E-state index contributed by atoms with van der Waals surface area (Å²) in [4.78, 5) is 3.14. The topological polar surface area (TPSA) is 70.5 Å². The van der Waals surface area contributed by atoms with Gasteiger partial charge < -0.3 is 5.11 Å². The first-order valence-electron chi connectivity index (χ1n) is 6.65. The lowest BCUT2D eigenvalue weighted by molar-refractivity contribution is -0.117. The molecule has 0 saturated carbocycles. The number of fused-ring (bicyclic) bond motifs is 1. The van der Waals surface area contributed by atoms with Crippen LogP contribution in [0.25, 0.3) is 10.7 Å². The zero-order chi connectivity index (χ0) is 17.7. The highest BCUT2D eigenvalue weighted by Gasteiger charge is 2.45. The molecule has 5 nitrogen and oxygen atoms in total. The van der Waals surface area contributed by atoms with Gasteiger partial charge in [0.15, 0.2) is 11.6 Å². The first kappa shape index (κ1) is 16.8. The van der Waals surface area contributed by atoms with Crippen LogP contribution in [0, 0.1) is 6.92 Å². The summed E-state index contributed by atoms with van der Waals surface area (Å²) in [5.74, 6) is -0.993. The molecule has 3 rings (SSSR count). The molecule has 0 aliphatic carbocycles. The predicted octanol–water partition coefficient (Wildman–Crippen LogP) is 3.55. The molecule has 0 saturated heterocycles. The number of aliphatic hydroxyl groups excluding tert-OH is 1. The normalized spacial score (nSPS) is 17.1. The van der Waals surface area contributed by atoms with Crippen LogP contribution in [0.5, 0.6) is 0 Å². The highest BCUT2D eigenvalue weighted by molar-refractivity contribution is 8.02. The van der Waals surface area contributed by atoms with E-state index in [9.17, 15) is 26.7 Å². The number of thiazole rings is 1. The van der Waals surface area contributed by atoms with Gasteiger partial charge in [-0.2, -0.15) is 13.2 Å². The second-order valence-corrected chi connectivity index (χ2v) is 7.78. The van der Waals surface area contributed by atoms with Gasteiger partial charge in [0.1, 0.15) is 16.3 Å². The Morgan fingerprint density at radius 3 is 2.58 bits per heavy atom. The summed E-state index contributed by atoms with van der Waals surface area (Å²) in [5, 5.41) is 10.4. The number of hydrogen-bond acceptors (Lipinski definition) is 5. The Balaban J connectivity index is 2.29. The molecule has 2 aromatic rings. The van der Waals surface area contributed by atoms with Crippen LogP contribution in [-0.2, 0) is 10.0 Å². The number of nitrogens with zero attached hydrogens (tertiary/aromatic N) is 2. The average Bonchev–Trinajstić information content (AvgIpc) is 2.94. The standard InChI is InChI=1S/C14H11F3N2O3S2/c1-8-4-2-3-5-9(8)12-10(20)11-13(18-7-23-11)19(24(12,21)22)6-14(15,16)17/h2-5,7,20H,6H2,1H3. The van der Waals surface area contributed by atoms with Crippen LogP contribution < -0.4 is 4.31 Å². The number of halogens is 3. The van der Waals surface area contributed by atoms with E-state index in [1.54, 1.807) is 25.1 Å². The molecule has 0 fully saturated rings. The zero-order valence-electron chi connectivity index (χ0n) is 12.2. The van der Waals surface area contributed by atoms with E-state index in [2.05, 4.69) is 4.98 Å². The van der Waals surface area contributed by atoms with Crippen LogP contribution in [0.15, 0.2) is 29.8 Å². The zero-order valence-corrected chi connectivity index (χ0v) is 13.8. The second-order valence-electron chi connectivity index (χ2n) is 5.12. The summed E-state index contributed by atoms with van der Waals surface area (Å²) in [6, 6.07) is 6.27. The molecule has 10 heteroatoms. The molecule has 24 heavy (non-hydrogen) atoms. The SMILES string of the molecule is Cc1ccccc1C1=C(O)c2scnc2N(CC(F)(F)F)S1(=O)=O. The van der Waals surface area contributed by atoms with Gasteiger partial charge in [-0.15, -0.1) is 11.3 Å². The number of aliphatic hydroxyl groups is 1. The van der Waals surface area contributed by atoms with Crippen molar-refractivity contribution < 1.29 is 26.7 Å². The number of aryl methyl sites for hydroxylation is 1. The smallest absolute Gasteiger partial charge is 0.407 e. The summed E-state index contributed by atoms with van der Waals surface area (Å²) < 4.78 is 64.4. The van der Waals surface area contributed by atoms with Gasteiger partial charge in [0.2, 0.25) is 0 Å². The Morgan fingerprint density at radius 2 is 1.96 bits per heavy atom. The van der Waals surface area contributed by atoms with E-state index in [4.69, 9.17) is 0 Å². The fourth-order valence-corrected chi connectivity index (χ4v) is 5.06. The molecular formula is C14H11F3N2O3S2. The van der Waals surface area contributed by atoms with Crippen LogP contribution in [0.1, 0.15) is 16.0 Å². The highest BCUT2D eigenvalue weighted by atomic mass is 32.2. The number of aromatic nitrogens is 1. The van der Waals surface area contributed by atoms with Gasteiger partial charge in [0, 0.05) is 5.56 Å². The predicted molar refractivity (Wildman–Crippen MR) is 85.1 cm³/mol. The minimum Gasteiger partial charge on any atom is -0.505 e. The van der Waals surface area contributed by atoms with Crippen LogP contribution in [0.4, 0.5) is 19.0 Å². The molecule has 0 bridgehead atoms. The Kier molecular flexibility index (Phi) is 3.83. The van der Waals surface area contributed by atoms with Gasteiger partial charge in [-0.1, -0.05) is 24.3 Å². The second kappa shape index (κ2) is 5.49. The third-order valence-electron chi connectivity index (χ3n) is 3.48. The Labute approximate surface area is 139 Å². The van der Waals surface area contributed by atoms with Crippen LogP contribution >= 0.6 is 11.3 Å². The monoisotopic (exact) mass is 376 g/mol. The summed E-state index contributed by atoms with van der Waals surface area (Å²) in [6.07, 6.45) is -4.75. The number of alkyl halides is 3. The molecular weight excluding hydrogens is 365 g/mol. The Hall–Kier alpha value is -2.07. The minimum atomic E-state index is -4.75. The number of hydrogen-bond donors (Lipinski definition) is 1. The quantitative estimate of drug-likeness (QED) is 0.870. The fourth-order valence-electron chi connectivity index (χ4n) is 2.45. The summed E-state index contributed by atoms with van der Waals surface area (Å²) >= 11 is 0.876. The number of sulfonamides is 1. The lowest BCUT2D eigenvalue weighted by atomic mass is 10.1. The number of benzene rings is 1. The molecule has 0 unspecified atom stereocenters. The van der Waals surface area contributed by atoms with E-state index < -0.39 is 39.2 Å². The lowest BCUT2D eigenvalue weighted by Crippen LogP contribution is -2.41. The minimum absolute atomic E-state index is 0.00710. The van der Waals surface area contributed by atoms with Crippen molar-refractivity contribution in [2.75, 3.05) is 10.8 Å². The largest absolute Gasteiger partial charge is 0.505 e. The van der Waals surface area contributed by atoms with Gasteiger partial charge in [-0.05, 0) is 12.5 Å². The molecule has 1 aliphatic rings. The molecule has 1 aromatic heterocycles. The lowest BCUT2D eigenvalue weighted by Gasteiger charge is -2.29. The maximum absolute atomic E-state index is 12.9. The maximum atomic E-state index is 12.9. The van der Waals surface area contributed by atoms with Gasteiger partial charge in [-0.3, -0.25) is 0 Å². The van der Waals surface area contributed by atoms with E-state index in [-0.39, 0.29) is 14.7 Å². The molecule has 0 radical (unpaired) electrons.